The van der Waals surface area contributed by atoms with Crippen LogP contribution in [0.25, 0.3) is 0 Å². The molecule has 2 aliphatic heterocycles. The standard InChI is InChI=1S/C33H30FN3O5/c1-40-25-8-7-22(30(17-25)42-3)18-36-19-24-14-20(6-9-26(24)32(36)38)13-23-15-27-21(16-29(23)41-2)10-12-37(33(27)39)31-28(34)5-4-11-35-31/h4-9,11,14-17H,10,12-13,18-19H2,1-3H3. The number of hydrogen-bond donors (Lipinski definition) is 0. The summed E-state index contributed by atoms with van der Waals surface area (Å²) in [6.07, 6.45) is 2.53. The molecule has 3 heterocycles. The molecule has 1 aromatic heterocycles. The van der Waals surface area contributed by atoms with Gasteiger partial charge in [-0.25, -0.2) is 9.37 Å². The molecule has 0 atom stereocenters. The third kappa shape index (κ3) is 4.91. The Morgan fingerprint density at radius 1 is 0.833 bits per heavy atom. The van der Waals surface area contributed by atoms with Crippen molar-refractivity contribution in [3.8, 4) is 17.2 Å². The van der Waals surface area contributed by atoms with Gasteiger partial charge in [0.1, 0.15) is 17.2 Å². The first-order valence-electron chi connectivity index (χ1n) is 13.6. The molecule has 0 N–H and O–H groups in total. The number of amides is 2. The number of carbonyl (C=O) groups is 2. The van der Waals surface area contributed by atoms with Crippen molar-refractivity contribution in [1.29, 1.82) is 0 Å². The number of benzene rings is 3. The zero-order chi connectivity index (χ0) is 29.4. The lowest BCUT2D eigenvalue weighted by atomic mass is 9.92. The highest BCUT2D eigenvalue weighted by molar-refractivity contribution is 6.08. The van der Waals surface area contributed by atoms with Crippen molar-refractivity contribution in [1.82, 2.24) is 9.88 Å². The average molecular weight is 568 g/mol. The van der Waals surface area contributed by atoms with Crippen LogP contribution in [0, 0.1) is 5.82 Å². The van der Waals surface area contributed by atoms with Gasteiger partial charge in [0.25, 0.3) is 11.8 Å². The Labute approximate surface area is 243 Å². The molecule has 0 bridgehead atoms. The quantitative estimate of drug-likeness (QED) is 0.291. The van der Waals surface area contributed by atoms with Gasteiger partial charge in [-0.1, -0.05) is 12.1 Å². The first kappa shape index (κ1) is 27.3. The molecule has 0 unspecified atom stereocenters. The number of hydrogen-bond acceptors (Lipinski definition) is 6. The highest BCUT2D eigenvalue weighted by Crippen LogP contribution is 2.34. The van der Waals surface area contributed by atoms with Gasteiger partial charge < -0.3 is 19.1 Å². The summed E-state index contributed by atoms with van der Waals surface area (Å²) in [7, 11) is 4.81. The van der Waals surface area contributed by atoms with Gasteiger partial charge >= 0.3 is 0 Å². The predicted octanol–water partition coefficient (Wildman–Crippen LogP) is 5.20. The van der Waals surface area contributed by atoms with Crippen LogP contribution >= 0.6 is 0 Å². The molecule has 2 amide bonds. The Bertz CT molecular complexity index is 1710. The molecule has 4 aromatic rings. The van der Waals surface area contributed by atoms with Crippen LogP contribution < -0.4 is 19.1 Å². The van der Waals surface area contributed by atoms with Crippen molar-refractivity contribution in [2.24, 2.45) is 0 Å². The second-order valence-corrected chi connectivity index (χ2v) is 10.3. The summed E-state index contributed by atoms with van der Waals surface area (Å²) in [6.45, 7) is 1.21. The normalized spacial score (nSPS) is 14.1. The van der Waals surface area contributed by atoms with Crippen LogP contribution in [-0.2, 0) is 25.9 Å². The van der Waals surface area contributed by atoms with Gasteiger partial charge in [-0.2, -0.15) is 0 Å². The van der Waals surface area contributed by atoms with Crippen molar-refractivity contribution in [3.63, 3.8) is 0 Å². The highest BCUT2D eigenvalue weighted by atomic mass is 19.1. The Kier molecular flexibility index (Phi) is 7.24. The number of rotatable bonds is 8. The van der Waals surface area contributed by atoms with E-state index in [0.717, 1.165) is 27.8 Å². The minimum absolute atomic E-state index is 0.0330. The minimum atomic E-state index is -0.532. The lowest BCUT2D eigenvalue weighted by Crippen LogP contribution is -2.38. The number of anilines is 1. The van der Waals surface area contributed by atoms with Crippen molar-refractivity contribution >= 4 is 17.6 Å². The summed E-state index contributed by atoms with van der Waals surface area (Å²) in [6, 6.07) is 17.9. The van der Waals surface area contributed by atoms with Crippen molar-refractivity contribution in [3.05, 3.63) is 112 Å². The fraction of sp³-hybridized carbons (Fsp3) is 0.242. The molecule has 0 radical (unpaired) electrons. The van der Waals surface area contributed by atoms with Gasteiger partial charge in [0.2, 0.25) is 0 Å². The first-order valence-corrected chi connectivity index (χ1v) is 13.6. The predicted molar refractivity (Wildman–Crippen MR) is 155 cm³/mol. The summed E-state index contributed by atoms with van der Waals surface area (Å²) < 4.78 is 31.0. The van der Waals surface area contributed by atoms with Crippen LogP contribution in [0.1, 0.15) is 48.5 Å². The second-order valence-electron chi connectivity index (χ2n) is 10.3. The van der Waals surface area contributed by atoms with Crippen LogP contribution in [-0.4, -0.2) is 49.6 Å². The molecule has 2 aliphatic rings. The zero-order valence-corrected chi connectivity index (χ0v) is 23.6. The second kappa shape index (κ2) is 11.2. The van der Waals surface area contributed by atoms with Crippen molar-refractivity contribution in [2.45, 2.75) is 25.9 Å². The van der Waals surface area contributed by atoms with E-state index in [0.29, 0.717) is 60.9 Å². The van der Waals surface area contributed by atoms with Crippen molar-refractivity contribution in [2.75, 3.05) is 32.8 Å². The molecule has 0 fully saturated rings. The molecule has 9 heteroatoms. The van der Waals surface area contributed by atoms with Crippen LogP contribution in [0.15, 0.2) is 66.9 Å². The lowest BCUT2D eigenvalue weighted by Gasteiger charge is -2.29. The summed E-state index contributed by atoms with van der Waals surface area (Å²) in [4.78, 5) is 34.0. The Hall–Kier alpha value is -4.92. The summed E-state index contributed by atoms with van der Waals surface area (Å²) in [5.41, 5.74) is 5.69. The molecular weight excluding hydrogens is 537 g/mol. The SMILES string of the molecule is COc1ccc(CN2Cc3cc(Cc4cc5c(cc4OC)CCN(c4ncccc4F)C5=O)ccc3C2=O)c(OC)c1. The third-order valence-corrected chi connectivity index (χ3v) is 7.88. The van der Waals surface area contributed by atoms with Gasteiger partial charge in [-0.15, -0.1) is 0 Å². The van der Waals surface area contributed by atoms with Gasteiger partial charge in [-0.05, 0) is 71.1 Å². The molecule has 0 saturated carbocycles. The maximum atomic E-state index is 14.4. The van der Waals surface area contributed by atoms with E-state index in [1.165, 1.54) is 23.2 Å². The molecule has 3 aromatic carbocycles. The minimum Gasteiger partial charge on any atom is -0.497 e. The fourth-order valence-electron chi connectivity index (χ4n) is 5.74. The van der Waals surface area contributed by atoms with E-state index in [1.54, 1.807) is 26.2 Å². The van der Waals surface area contributed by atoms with Crippen LogP contribution in [0.4, 0.5) is 10.2 Å². The maximum Gasteiger partial charge on any atom is 0.259 e. The third-order valence-electron chi connectivity index (χ3n) is 7.88. The molecule has 6 rings (SSSR count). The number of carbonyl (C=O) groups excluding carboxylic acids is 2. The largest absolute Gasteiger partial charge is 0.497 e. The number of aromatic nitrogens is 1. The van der Waals surface area contributed by atoms with E-state index in [1.807, 2.05) is 48.5 Å². The Morgan fingerprint density at radius 3 is 2.40 bits per heavy atom. The molecule has 0 spiro atoms. The van der Waals surface area contributed by atoms with Gasteiger partial charge in [0.05, 0.1) is 21.3 Å². The Morgan fingerprint density at radius 2 is 1.64 bits per heavy atom. The number of ether oxygens (including phenoxy) is 3. The van der Waals surface area contributed by atoms with E-state index < -0.39 is 5.82 Å². The highest BCUT2D eigenvalue weighted by Gasteiger charge is 2.31. The number of halogens is 1. The van der Waals surface area contributed by atoms with Gasteiger partial charge in [-0.3, -0.25) is 14.5 Å². The monoisotopic (exact) mass is 567 g/mol. The molecule has 0 aliphatic carbocycles. The number of fused-ring (bicyclic) bond motifs is 2. The van der Waals surface area contributed by atoms with Crippen LogP contribution in [0.3, 0.4) is 0 Å². The maximum absolute atomic E-state index is 14.4. The molecular formula is C33H30FN3O5. The van der Waals surface area contributed by atoms with Crippen LogP contribution in [0.2, 0.25) is 0 Å². The summed E-state index contributed by atoms with van der Waals surface area (Å²) in [5.74, 6) is 1.21. The topological polar surface area (TPSA) is 81.2 Å². The van der Waals surface area contributed by atoms with Crippen molar-refractivity contribution < 1.29 is 28.2 Å². The molecule has 0 saturated heterocycles. The van der Waals surface area contributed by atoms with E-state index in [2.05, 4.69) is 4.98 Å². The smallest absolute Gasteiger partial charge is 0.259 e. The summed E-state index contributed by atoms with van der Waals surface area (Å²) in [5, 5.41) is 0. The van der Waals surface area contributed by atoms with E-state index in [-0.39, 0.29) is 17.6 Å². The van der Waals surface area contributed by atoms with Crippen LogP contribution in [0.5, 0.6) is 17.2 Å². The Balaban J connectivity index is 1.24. The molecule has 8 nitrogen and oxygen atoms in total. The summed E-state index contributed by atoms with van der Waals surface area (Å²) >= 11 is 0. The number of nitrogens with zero attached hydrogens (tertiary/aromatic N) is 3. The van der Waals surface area contributed by atoms with E-state index in [4.69, 9.17) is 14.2 Å². The number of methoxy groups -OCH3 is 3. The lowest BCUT2D eigenvalue weighted by molar-refractivity contribution is 0.0765. The zero-order valence-electron chi connectivity index (χ0n) is 23.6. The van der Waals surface area contributed by atoms with E-state index >= 15 is 0 Å². The molecule has 214 valence electrons. The molecule has 42 heavy (non-hydrogen) atoms. The average Bonchev–Trinajstić information content (AvgIpc) is 3.31. The number of pyridine rings is 1. The fourth-order valence-corrected chi connectivity index (χ4v) is 5.74. The first-order chi connectivity index (χ1) is 20.4. The van der Waals surface area contributed by atoms with Gasteiger partial charge in [0, 0.05) is 55.0 Å². The van der Waals surface area contributed by atoms with E-state index in [9.17, 15) is 14.0 Å². The van der Waals surface area contributed by atoms with Gasteiger partial charge in [0.15, 0.2) is 11.6 Å².